The molecule has 1 aliphatic rings. The molecular weight excluding hydrogens is 336 g/mol. The van der Waals surface area contributed by atoms with Gasteiger partial charge in [0.1, 0.15) is 5.60 Å². The molecule has 8 heteroatoms. The predicted octanol–water partition coefficient (Wildman–Crippen LogP) is 1.89. The summed E-state index contributed by atoms with van der Waals surface area (Å²) in [4.78, 5) is 28.8. The number of ether oxygens (including phenoxy) is 2. The molecule has 26 heavy (non-hydrogen) atoms. The minimum atomic E-state index is -0.468. The summed E-state index contributed by atoms with van der Waals surface area (Å²) in [6.07, 6.45) is 4.15. The Hall–Kier alpha value is -1.99. The lowest BCUT2D eigenvalue weighted by atomic mass is 10.1. The van der Waals surface area contributed by atoms with Gasteiger partial charge in [0.05, 0.1) is 13.2 Å². The van der Waals surface area contributed by atoms with Crippen LogP contribution in [-0.4, -0.2) is 68.4 Å². The van der Waals surface area contributed by atoms with Gasteiger partial charge in [-0.05, 0) is 33.6 Å². The highest BCUT2D eigenvalue weighted by Crippen LogP contribution is 2.15. The van der Waals surface area contributed by atoms with Crippen LogP contribution in [0.5, 0.6) is 0 Å². The first-order valence-electron chi connectivity index (χ1n) is 9.27. The van der Waals surface area contributed by atoms with Crippen molar-refractivity contribution in [3.63, 3.8) is 0 Å². The maximum atomic E-state index is 11.9. The van der Waals surface area contributed by atoms with Crippen LogP contribution in [-0.2, 0) is 14.3 Å². The van der Waals surface area contributed by atoms with Crippen LogP contribution in [0.3, 0.4) is 0 Å². The lowest BCUT2D eigenvalue weighted by Gasteiger charge is -2.40. The van der Waals surface area contributed by atoms with Crippen molar-refractivity contribution in [2.24, 2.45) is 4.99 Å². The van der Waals surface area contributed by atoms with Gasteiger partial charge in [-0.25, -0.2) is 4.79 Å². The summed E-state index contributed by atoms with van der Waals surface area (Å²) in [6, 6.07) is 0.189. The molecule has 2 N–H and O–H groups in total. The number of hydrogen-bond acceptors (Lipinski definition) is 5. The van der Waals surface area contributed by atoms with Gasteiger partial charge < -0.3 is 25.0 Å². The first-order chi connectivity index (χ1) is 12.2. The van der Waals surface area contributed by atoms with E-state index in [1.54, 1.807) is 11.9 Å². The molecule has 0 aromatic carbocycles. The van der Waals surface area contributed by atoms with Crippen LogP contribution in [0.25, 0.3) is 0 Å². The molecule has 0 aromatic heterocycles. The zero-order valence-electron chi connectivity index (χ0n) is 16.8. The number of likely N-dealkylation sites (tertiary alicyclic amines) is 1. The first-order valence-corrected chi connectivity index (χ1v) is 9.27. The highest BCUT2D eigenvalue weighted by atomic mass is 16.6. The zero-order chi connectivity index (χ0) is 19.6. The van der Waals surface area contributed by atoms with Gasteiger partial charge in [-0.2, -0.15) is 0 Å². The molecule has 0 aromatic rings. The Kier molecular flexibility index (Phi) is 9.23. The molecule has 150 valence electrons. The molecule has 0 spiro atoms. The summed E-state index contributed by atoms with van der Waals surface area (Å²) in [5.74, 6) is 0.599. The zero-order valence-corrected chi connectivity index (χ0v) is 16.8. The fraction of sp³-hybridized carbons (Fsp3) is 0.833. The van der Waals surface area contributed by atoms with E-state index in [0.29, 0.717) is 19.5 Å². The van der Waals surface area contributed by atoms with Crippen LogP contribution in [0.2, 0.25) is 0 Å². The second-order valence-corrected chi connectivity index (χ2v) is 7.47. The van der Waals surface area contributed by atoms with Crippen molar-refractivity contribution < 1.29 is 19.1 Å². The van der Waals surface area contributed by atoms with E-state index in [0.717, 1.165) is 38.2 Å². The Balaban J connectivity index is 2.10. The topological polar surface area (TPSA) is 92.3 Å². The molecule has 0 aliphatic carbocycles. The standard InChI is InChI=1S/C18H34N4O4/c1-18(2,3)26-17(24)22-12-14(13-22)21-16(19-4)20-11-9-7-6-8-10-15(23)25-5/h14H,6-13H2,1-5H3,(H2,19,20,21). The molecule has 1 amide bonds. The number of methoxy groups -OCH3 is 1. The van der Waals surface area contributed by atoms with Crippen LogP contribution >= 0.6 is 0 Å². The van der Waals surface area contributed by atoms with E-state index in [1.165, 1.54) is 7.11 Å². The maximum Gasteiger partial charge on any atom is 0.410 e. The van der Waals surface area contributed by atoms with Crippen molar-refractivity contribution in [1.82, 2.24) is 15.5 Å². The molecule has 1 saturated heterocycles. The van der Waals surface area contributed by atoms with Crippen molar-refractivity contribution in [3.8, 4) is 0 Å². The Morgan fingerprint density at radius 2 is 1.81 bits per heavy atom. The molecule has 1 aliphatic heterocycles. The van der Waals surface area contributed by atoms with Gasteiger partial charge in [0.15, 0.2) is 5.96 Å². The largest absolute Gasteiger partial charge is 0.469 e. The summed E-state index contributed by atoms with van der Waals surface area (Å²) in [5.41, 5.74) is -0.468. The smallest absolute Gasteiger partial charge is 0.410 e. The molecule has 0 atom stereocenters. The van der Waals surface area contributed by atoms with Crippen LogP contribution in [0.4, 0.5) is 4.79 Å². The van der Waals surface area contributed by atoms with E-state index in [1.807, 2.05) is 20.8 Å². The third kappa shape index (κ3) is 8.92. The molecule has 1 heterocycles. The number of carbonyl (C=O) groups is 2. The Labute approximate surface area is 156 Å². The fourth-order valence-electron chi connectivity index (χ4n) is 2.49. The number of unbranched alkanes of at least 4 members (excludes halogenated alkanes) is 3. The van der Waals surface area contributed by atoms with E-state index in [2.05, 4.69) is 20.4 Å². The highest BCUT2D eigenvalue weighted by Gasteiger charge is 2.34. The molecule has 0 saturated carbocycles. The normalized spacial score (nSPS) is 15.3. The molecule has 8 nitrogen and oxygen atoms in total. The average Bonchev–Trinajstić information content (AvgIpc) is 2.52. The second-order valence-electron chi connectivity index (χ2n) is 7.47. The van der Waals surface area contributed by atoms with Gasteiger partial charge in [0, 0.05) is 33.1 Å². The van der Waals surface area contributed by atoms with Crippen molar-refractivity contribution in [2.45, 2.75) is 64.5 Å². The molecular formula is C18H34N4O4. The molecule has 0 radical (unpaired) electrons. The summed E-state index contributed by atoms with van der Waals surface area (Å²) < 4.78 is 9.95. The number of rotatable bonds is 8. The van der Waals surface area contributed by atoms with Crippen molar-refractivity contribution in [2.75, 3.05) is 33.8 Å². The van der Waals surface area contributed by atoms with Gasteiger partial charge in [0.2, 0.25) is 0 Å². The number of carbonyl (C=O) groups excluding carboxylic acids is 2. The minimum Gasteiger partial charge on any atom is -0.469 e. The van der Waals surface area contributed by atoms with E-state index in [-0.39, 0.29) is 18.1 Å². The number of nitrogens with zero attached hydrogens (tertiary/aromatic N) is 2. The van der Waals surface area contributed by atoms with Crippen LogP contribution in [0.1, 0.15) is 52.9 Å². The number of hydrogen-bond donors (Lipinski definition) is 2. The number of aliphatic imine (C=N–C) groups is 1. The Morgan fingerprint density at radius 3 is 2.38 bits per heavy atom. The summed E-state index contributed by atoms with van der Waals surface area (Å²) in [5, 5.41) is 6.58. The van der Waals surface area contributed by atoms with Gasteiger partial charge in [0.25, 0.3) is 0 Å². The third-order valence-electron chi connectivity index (χ3n) is 3.93. The van der Waals surface area contributed by atoms with Gasteiger partial charge in [-0.1, -0.05) is 12.8 Å². The van der Waals surface area contributed by atoms with E-state index in [9.17, 15) is 9.59 Å². The lowest BCUT2D eigenvalue weighted by molar-refractivity contribution is -0.140. The number of esters is 1. The van der Waals surface area contributed by atoms with E-state index >= 15 is 0 Å². The average molecular weight is 370 g/mol. The maximum absolute atomic E-state index is 11.9. The quantitative estimate of drug-likeness (QED) is 0.293. The van der Waals surface area contributed by atoms with Gasteiger partial charge in [-0.15, -0.1) is 0 Å². The number of guanidine groups is 1. The lowest BCUT2D eigenvalue weighted by Crippen LogP contribution is -2.63. The monoisotopic (exact) mass is 370 g/mol. The predicted molar refractivity (Wildman–Crippen MR) is 101 cm³/mol. The number of amides is 1. The number of nitrogens with one attached hydrogen (secondary N) is 2. The summed E-state index contributed by atoms with van der Waals surface area (Å²) in [6.45, 7) is 7.64. The van der Waals surface area contributed by atoms with Crippen molar-refractivity contribution in [1.29, 1.82) is 0 Å². The molecule has 0 bridgehead atoms. The molecule has 0 unspecified atom stereocenters. The third-order valence-corrected chi connectivity index (χ3v) is 3.93. The van der Waals surface area contributed by atoms with E-state index < -0.39 is 5.60 Å². The van der Waals surface area contributed by atoms with Crippen LogP contribution in [0, 0.1) is 0 Å². The fourth-order valence-corrected chi connectivity index (χ4v) is 2.49. The first kappa shape index (κ1) is 22.1. The molecule has 1 fully saturated rings. The molecule has 1 rings (SSSR count). The highest BCUT2D eigenvalue weighted by molar-refractivity contribution is 5.80. The minimum absolute atomic E-state index is 0.145. The van der Waals surface area contributed by atoms with Gasteiger partial charge in [-0.3, -0.25) is 9.79 Å². The SMILES string of the molecule is CN=C(NCCCCCCC(=O)OC)NC1CN(C(=O)OC(C)(C)C)C1. The van der Waals surface area contributed by atoms with Crippen molar-refractivity contribution >= 4 is 18.0 Å². The van der Waals surface area contributed by atoms with Crippen LogP contribution < -0.4 is 10.6 Å². The van der Waals surface area contributed by atoms with E-state index in [4.69, 9.17) is 4.74 Å². The Morgan fingerprint density at radius 1 is 1.15 bits per heavy atom. The summed E-state index contributed by atoms with van der Waals surface area (Å²) in [7, 11) is 3.15. The second kappa shape index (κ2) is 10.9. The van der Waals surface area contributed by atoms with Crippen molar-refractivity contribution in [3.05, 3.63) is 0 Å². The summed E-state index contributed by atoms with van der Waals surface area (Å²) >= 11 is 0. The van der Waals surface area contributed by atoms with Gasteiger partial charge >= 0.3 is 12.1 Å². The Bertz CT molecular complexity index is 482. The van der Waals surface area contributed by atoms with Crippen LogP contribution in [0.15, 0.2) is 4.99 Å².